The van der Waals surface area contributed by atoms with Gasteiger partial charge in [0.05, 0.1) is 73.4 Å². The average Bonchev–Trinajstić information content (AvgIpc) is 1.60. The van der Waals surface area contributed by atoms with Gasteiger partial charge in [0, 0.05) is 155 Å². The van der Waals surface area contributed by atoms with Crippen molar-refractivity contribution in [2.45, 2.75) is 174 Å². The average molecular weight is 2060 g/mol. The van der Waals surface area contributed by atoms with E-state index < -0.39 is 61.3 Å². The fourth-order valence-corrected chi connectivity index (χ4v) is 18.7. The summed E-state index contributed by atoms with van der Waals surface area (Å²) < 4.78 is 66.9. The number of piperidine rings is 2. The zero-order valence-electron chi connectivity index (χ0n) is 86.0. The predicted molar refractivity (Wildman–Crippen MR) is 567 cm³/mol. The summed E-state index contributed by atoms with van der Waals surface area (Å²) in [6, 6.07) is 39.4. The van der Waals surface area contributed by atoms with Gasteiger partial charge in [0.2, 0.25) is 23.6 Å². The first-order valence-corrected chi connectivity index (χ1v) is 50.6. The van der Waals surface area contributed by atoms with Crippen LogP contribution in [-0.2, 0) is 75.8 Å². The fraction of sp³-hybridized carbons (Fsp3) is 0.387. The summed E-state index contributed by atoms with van der Waals surface area (Å²) in [6.07, 6.45) is 15.7. The molecule has 8 atom stereocenters. The molecule has 12 amide bonds. The van der Waals surface area contributed by atoms with Gasteiger partial charge in [-0.3, -0.25) is 47.9 Å². The molecule has 0 spiro atoms. The standard InChI is InChI=1S/C60H73N9O12.C51H58N8O10/c1-9-27-80-60(76)69-47-33-51(50(77-8)32-45(47)58(75)68-26-12-10-15-46(68)59(69)81-53-17-11-13-28-79-53)78-29-14-16-52(70)62-44-31-49(67(7)35-44)57(74)64-41-20-18-39(19-21-41)40-30-48(66(6)34-40)56(73)65-43-24-22-42(23-25-43)63-55(72)38(5)61-54(71)37(4)36(2)3;1-5-23-68-51(64)59-40-29-44(43(65-4)28-38(40)49(63)58-22-8-6-11-39(58)50(59)69-46-13-7-9-24-67-46)66-25-10-12-45(60)53-37-27-42(57(3)31-37)48(62)54-35-18-14-32(15-19-35)33-26-41(56(2)30-33)47(61)55-36-20-16-34(52)17-21-36/h9,18-25,30-38,46,53,59H,1,10-17,26-29H2,2-8H3,(H,61,71)(H,62,70)(H,63,72)(H,64,74)(H,65,73);5,14-21,26-31,39,46,50H,1,6-13,22-25,52H2,2-4H3,(H,53,60)(H,54,62)(H,55,61)/t37-,38-,46-,53?,59?;39-,46?,50?/m00/s1. The molecule has 10 N–H and O–H groups in total. The summed E-state index contributed by atoms with van der Waals surface area (Å²) >= 11 is 0. The van der Waals surface area contributed by atoms with Gasteiger partial charge in [-0.15, -0.1) is 0 Å². The molecule has 792 valence electrons. The van der Waals surface area contributed by atoms with Gasteiger partial charge in [-0.1, -0.05) is 70.3 Å². The number of nitrogen functional groups attached to an aromatic ring is 1. The smallest absolute Gasteiger partial charge is 0.416 e. The molecule has 4 fully saturated rings. The van der Waals surface area contributed by atoms with E-state index in [1.807, 2.05) is 57.4 Å². The Hall–Kier alpha value is -16.0. The van der Waals surface area contributed by atoms with Gasteiger partial charge in [-0.05, 0) is 223 Å². The van der Waals surface area contributed by atoms with E-state index in [1.54, 1.807) is 197 Å². The highest BCUT2D eigenvalue weighted by molar-refractivity contribution is 6.10. The molecule has 0 radical (unpaired) electrons. The molecule has 0 bridgehead atoms. The fourth-order valence-electron chi connectivity index (χ4n) is 18.7. The van der Waals surface area contributed by atoms with Gasteiger partial charge in [-0.2, -0.15) is 0 Å². The second-order valence-corrected chi connectivity index (χ2v) is 38.1. The Morgan fingerprint density at radius 3 is 1.16 bits per heavy atom. The number of carbonyl (C=O) groups excluding carboxylic acids is 12. The maximum atomic E-state index is 14.3. The lowest BCUT2D eigenvalue weighted by atomic mass is 9.97. The molecule has 10 aromatic rings. The Balaban J connectivity index is 0.000000227. The first-order chi connectivity index (χ1) is 72.3. The van der Waals surface area contributed by atoms with E-state index in [2.05, 4.69) is 55.7 Å². The van der Waals surface area contributed by atoms with Crippen LogP contribution in [0.15, 0.2) is 196 Å². The Morgan fingerprint density at radius 2 is 0.787 bits per heavy atom. The summed E-state index contributed by atoms with van der Waals surface area (Å²) in [4.78, 5) is 168. The molecule has 6 aromatic carbocycles. The summed E-state index contributed by atoms with van der Waals surface area (Å²) in [7, 11) is 9.91. The van der Waals surface area contributed by atoms with Crippen molar-refractivity contribution in [3.63, 3.8) is 0 Å². The van der Waals surface area contributed by atoms with E-state index in [1.165, 1.54) is 36.2 Å². The third kappa shape index (κ3) is 26.6. The molecule has 4 aromatic heterocycles. The first kappa shape index (κ1) is 108. The number of amides is 12. The van der Waals surface area contributed by atoms with Crippen LogP contribution in [0.5, 0.6) is 23.0 Å². The molecule has 0 aliphatic carbocycles. The molecule has 4 unspecified atom stereocenters. The van der Waals surface area contributed by atoms with Gasteiger partial charge >= 0.3 is 12.2 Å². The van der Waals surface area contributed by atoms with Gasteiger partial charge in [0.1, 0.15) is 42.0 Å². The minimum Gasteiger partial charge on any atom is -0.493 e. The lowest BCUT2D eigenvalue weighted by Gasteiger charge is -2.42. The highest BCUT2D eigenvalue weighted by Gasteiger charge is 2.50. The first-order valence-electron chi connectivity index (χ1n) is 50.6. The number of rotatable bonds is 37. The Labute approximate surface area is 870 Å². The van der Waals surface area contributed by atoms with Crippen LogP contribution in [0, 0.1) is 11.8 Å². The number of nitrogens with zero attached hydrogens (tertiary/aromatic N) is 8. The minimum absolute atomic E-state index is 0.0528. The SMILES string of the molecule is C=CCOC(=O)N1c2cc(OCCCC(=O)Nc3cc(C(=O)Nc4ccc(-c5cc(C(=O)Nc6ccc(N)cc6)n(C)c5)cc4)n(C)c3)c(OC)cc2C(=O)N2CCCC[C@H]2C1OC1CCCCO1.C=CCOC(=O)N1c2cc(OCCCC(=O)Nc3cc(C(=O)Nc4ccc(-c5cc(C(=O)Nc6ccc(NC(=O)[C@H](C)NC(=O)[C@@H](C)C(C)C)cc6)n(C)c5)cc4)n(C)c3)c(OC)cc2C(=O)N2CCCC[C@H]2C1OC1CCCCO1. The summed E-state index contributed by atoms with van der Waals surface area (Å²) in [5, 5.41) is 22.9. The molecule has 6 aliphatic heterocycles. The van der Waals surface area contributed by atoms with E-state index in [-0.39, 0.29) is 156 Å². The zero-order valence-corrected chi connectivity index (χ0v) is 86.0. The van der Waals surface area contributed by atoms with Crippen molar-refractivity contribution in [3.8, 4) is 45.3 Å². The Kier molecular flexibility index (Phi) is 36.2. The van der Waals surface area contributed by atoms with E-state index in [4.69, 9.17) is 53.1 Å². The maximum Gasteiger partial charge on any atom is 0.416 e. The van der Waals surface area contributed by atoms with Crippen molar-refractivity contribution in [2.75, 3.05) is 120 Å². The second kappa shape index (κ2) is 50.1. The number of anilines is 10. The number of carbonyl (C=O) groups is 12. The van der Waals surface area contributed by atoms with Crippen LogP contribution in [0.1, 0.15) is 193 Å². The highest BCUT2D eigenvalue weighted by atomic mass is 16.7. The van der Waals surface area contributed by atoms with Crippen LogP contribution in [-0.4, -0.2) is 209 Å². The molecule has 10 heterocycles. The number of aryl methyl sites for hydroxylation is 4. The van der Waals surface area contributed by atoms with Crippen LogP contribution < -0.4 is 77.0 Å². The normalized spacial score (nSPS) is 17.6. The number of methoxy groups -OCH3 is 2. The van der Waals surface area contributed by atoms with Crippen molar-refractivity contribution in [2.24, 2.45) is 40.0 Å². The number of nitrogens with one attached hydrogen (secondary N) is 8. The number of nitrogens with two attached hydrogens (primary N) is 1. The van der Waals surface area contributed by atoms with Crippen molar-refractivity contribution in [1.82, 2.24) is 33.4 Å². The largest absolute Gasteiger partial charge is 0.493 e. The van der Waals surface area contributed by atoms with E-state index in [0.717, 1.165) is 73.6 Å². The molecular weight excluding hydrogens is 1920 g/mol. The van der Waals surface area contributed by atoms with Crippen LogP contribution in [0.25, 0.3) is 22.3 Å². The maximum absolute atomic E-state index is 14.3. The van der Waals surface area contributed by atoms with E-state index in [0.29, 0.717) is 127 Å². The monoisotopic (exact) mass is 2050 g/mol. The van der Waals surface area contributed by atoms with Crippen molar-refractivity contribution in [3.05, 3.63) is 230 Å². The predicted octanol–water partition coefficient (Wildman–Crippen LogP) is 17.0. The van der Waals surface area contributed by atoms with Gasteiger partial charge in [0.25, 0.3) is 35.4 Å². The van der Waals surface area contributed by atoms with Crippen molar-refractivity contribution < 1.29 is 105 Å². The van der Waals surface area contributed by atoms with Crippen LogP contribution in [0.3, 0.4) is 0 Å². The number of ether oxygens (including phenoxy) is 10. The van der Waals surface area contributed by atoms with Gasteiger partial charge in [0.15, 0.2) is 48.0 Å². The van der Waals surface area contributed by atoms with Crippen molar-refractivity contribution in [1.29, 1.82) is 0 Å². The number of benzene rings is 6. The highest BCUT2D eigenvalue weighted by Crippen LogP contribution is 2.46. The quantitative estimate of drug-likeness (QED) is 0.00992. The van der Waals surface area contributed by atoms with Crippen LogP contribution >= 0.6 is 0 Å². The lowest BCUT2D eigenvalue weighted by molar-refractivity contribution is -0.199. The Bertz CT molecular complexity index is 6570. The number of hydrogen-bond acceptors (Lipinski definition) is 23. The molecule has 0 saturated carbocycles. The molecule has 150 heavy (non-hydrogen) atoms. The molecule has 6 aliphatic rings. The lowest BCUT2D eigenvalue weighted by Crippen LogP contribution is -2.57. The molecule has 39 nitrogen and oxygen atoms in total. The zero-order chi connectivity index (χ0) is 107. The van der Waals surface area contributed by atoms with E-state index >= 15 is 0 Å². The molecular formula is C111H131N17O22. The van der Waals surface area contributed by atoms with Crippen molar-refractivity contribution >= 4 is 128 Å². The number of fused-ring (bicyclic) bond motifs is 4. The van der Waals surface area contributed by atoms with Crippen LogP contribution in [0.2, 0.25) is 0 Å². The number of hydrogen-bond donors (Lipinski definition) is 9. The number of aromatic nitrogens is 4. The second-order valence-electron chi connectivity index (χ2n) is 38.1. The minimum atomic E-state index is -0.918. The summed E-state index contributed by atoms with van der Waals surface area (Å²) in [5.41, 5.74) is 15.7. The summed E-state index contributed by atoms with van der Waals surface area (Å²) in [5.74, 6) is -2.10. The Morgan fingerprint density at radius 1 is 0.420 bits per heavy atom. The third-order valence-electron chi connectivity index (χ3n) is 27.1. The molecule has 4 saturated heterocycles. The van der Waals surface area contributed by atoms with Gasteiger partial charge < -0.3 is 124 Å². The van der Waals surface area contributed by atoms with E-state index in [9.17, 15) is 57.5 Å². The topological polar surface area (TPSA) is 452 Å². The summed E-state index contributed by atoms with van der Waals surface area (Å²) in [6.45, 7) is 16.8. The molecule has 16 rings (SSSR count). The molecule has 39 heteroatoms. The van der Waals surface area contributed by atoms with Gasteiger partial charge in [-0.25, -0.2) is 19.4 Å². The third-order valence-corrected chi connectivity index (χ3v) is 27.1. The van der Waals surface area contributed by atoms with Crippen LogP contribution in [0.4, 0.5) is 66.5 Å².